The first-order valence-corrected chi connectivity index (χ1v) is 10.3. The molecule has 0 bridgehead atoms. The third-order valence-electron chi connectivity index (χ3n) is 5.05. The summed E-state index contributed by atoms with van der Waals surface area (Å²) in [5, 5.41) is 7.25. The monoisotopic (exact) mass is 463 g/mol. The van der Waals surface area contributed by atoms with Crippen LogP contribution in [-0.4, -0.2) is 50.5 Å². The normalized spacial score (nSPS) is 10.5. The van der Waals surface area contributed by atoms with Crippen LogP contribution in [0.25, 0.3) is 10.9 Å². The molecule has 10 nitrogen and oxygen atoms in total. The van der Waals surface area contributed by atoms with Crippen LogP contribution >= 0.6 is 0 Å². The molecule has 176 valence electrons. The van der Waals surface area contributed by atoms with Crippen LogP contribution in [0.1, 0.15) is 0 Å². The molecular formula is C24H25N5O5. The molecule has 0 saturated heterocycles. The molecule has 0 saturated carbocycles. The number of fused-ring (bicyclic) bond motifs is 1. The van der Waals surface area contributed by atoms with Gasteiger partial charge in [0, 0.05) is 35.5 Å². The van der Waals surface area contributed by atoms with E-state index in [0.717, 1.165) is 11.1 Å². The minimum absolute atomic E-state index is 0.377. The first-order chi connectivity index (χ1) is 16.6. The lowest BCUT2D eigenvalue weighted by atomic mass is 10.2. The fourth-order valence-corrected chi connectivity index (χ4v) is 3.46. The predicted molar refractivity (Wildman–Crippen MR) is 130 cm³/mol. The predicted octanol–water partition coefficient (Wildman–Crippen LogP) is 4.56. The van der Waals surface area contributed by atoms with Crippen molar-refractivity contribution in [1.29, 1.82) is 0 Å². The summed E-state index contributed by atoms with van der Waals surface area (Å²) in [5.41, 5.74) is 2.08. The maximum atomic E-state index is 5.49. The van der Waals surface area contributed by atoms with Crippen LogP contribution in [0.5, 0.6) is 28.7 Å². The zero-order valence-electron chi connectivity index (χ0n) is 19.5. The Morgan fingerprint density at radius 1 is 0.676 bits per heavy atom. The third-order valence-corrected chi connectivity index (χ3v) is 5.05. The summed E-state index contributed by atoms with van der Waals surface area (Å²) in [7, 11) is 7.84. The minimum Gasteiger partial charge on any atom is -0.493 e. The largest absolute Gasteiger partial charge is 0.493 e. The van der Waals surface area contributed by atoms with Gasteiger partial charge in [-0.2, -0.15) is 4.98 Å². The number of methoxy groups -OCH3 is 5. The molecule has 2 heterocycles. The van der Waals surface area contributed by atoms with Crippen molar-refractivity contribution in [2.75, 3.05) is 46.2 Å². The van der Waals surface area contributed by atoms with E-state index in [4.69, 9.17) is 28.7 Å². The molecule has 0 spiro atoms. The van der Waals surface area contributed by atoms with Gasteiger partial charge in [-0.1, -0.05) is 0 Å². The molecule has 4 rings (SSSR count). The van der Waals surface area contributed by atoms with E-state index in [0.29, 0.717) is 51.7 Å². The number of hydrogen-bond acceptors (Lipinski definition) is 10. The number of benzene rings is 2. The molecule has 0 radical (unpaired) electrons. The first-order valence-electron chi connectivity index (χ1n) is 10.3. The highest BCUT2D eigenvalue weighted by molar-refractivity contribution is 5.94. The van der Waals surface area contributed by atoms with Gasteiger partial charge in [-0.15, -0.1) is 0 Å². The summed E-state index contributed by atoms with van der Waals surface area (Å²) in [4.78, 5) is 13.5. The van der Waals surface area contributed by atoms with Crippen LogP contribution in [-0.2, 0) is 0 Å². The second-order valence-corrected chi connectivity index (χ2v) is 7.03. The van der Waals surface area contributed by atoms with Crippen molar-refractivity contribution in [3.8, 4) is 28.7 Å². The molecule has 0 unspecified atom stereocenters. The van der Waals surface area contributed by atoms with Crippen molar-refractivity contribution < 1.29 is 23.7 Å². The van der Waals surface area contributed by atoms with E-state index in [2.05, 4.69) is 20.6 Å². The number of aromatic nitrogens is 3. The van der Waals surface area contributed by atoms with Gasteiger partial charge in [0.25, 0.3) is 0 Å². The Balaban J connectivity index is 1.85. The van der Waals surface area contributed by atoms with Gasteiger partial charge in [-0.3, -0.25) is 4.98 Å². The highest BCUT2D eigenvalue weighted by Crippen LogP contribution is 2.42. The Morgan fingerprint density at radius 3 is 1.94 bits per heavy atom. The molecule has 0 aliphatic rings. The molecule has 0 atom stereocenters. The van der Waals surface area contributed by atoms with E-state index in [9.17, 15) is 0 Å². The lowest BCUT2D eigenvalue weighted by Gasteiger charge is -2.17. The Morgan fingerprint density at radius 2 is 1.35 bits per heavy atom. The van der Waals surface area contributed by atoms with E-state index in [-0.39, 0.29) is 0 Å². The van der Waals surface area contributed by atoms with E-state index in [1.54, 1.807) is 66.1 Å². The first kappa shape index (κ1) is 22.7. The zero-order chi connectivity index (χ0) is 24.1. The van der Waals surface area contributed by atoms with Crippen molar-refractivity contribution in [2.45, 2.75) is 0 Å². The summed E-state index contributed by atoms with van der Waals surface area (Å²) < 4.78 is 27.3. The second kappa shape index (κ2) is 9.99. The summed E-state index contributed by atoms with van der Waals surface area (Å²) in [6.07, 6.45) is 3.38. The van der Waals surface area contributed by atoms with E-state index < -0.39 is 0 Å². The number of nitrogens with zero attached hydrogens (tertiary/aromatic N) is 3. The molecule has 10 heteroatoms. The van der Waals surface area contributed by atoms with Crippen LogP contribution in [0, 0.1) is 0 Å². The van der Waals surface area contributed by atoms with Crippen LogP contribution < -0.4 is 34.3 Å². The maximum absolute atomic E-state index is 5.49. The van der Waals surface area contributed by atoms with E-state index in [1.807, 2.05) is 18.2 Å². The van der Waals surface area contributed by atoms with Crippen LogP contribution in [0.15, 0.2) is 48.8 Å². The summed E-state index contributed by atoms with van der Waals surface area (Å²) in [5.74, 6) is 3.54. The lowest BCUT2D eigenvalue weighted by Crippen LogP contribution is -2.04. The molecule has 0 amide bonds. The van der Waals surface area contributed by atoms with E-state index >= 15 is 0 Å². The van der Waals surface area contributed by atoms with Gasteiger partial charge in [0.05, 0.1) is 52.9 Å². The van der Waals surface area contributed by atoms with Gasteiger partial charge in [0.15, 0.2) is 23.0 Å². The third kappa shape index (κ3) is 4.51. The van der Waals surface area contributed by atoms with Crippen LogP contribution in [0.3, 0.4) is 0 Å². The Kier molecular flexibility index (Phi) is 6.67. The molecule has 34 heavy (non-hydrogen) atoms. The fourth-order valence-electron chi connectivity index (χ4n) is 3.46. The number of hydrogen-bond donors (Lipinski definition) is 2. The summed E-state index contributed by atoms with van der Waals surface area (Å²) in [6, 6.07) is 10.9. The average molecular weight is 463 g/mol. The second-order valence-electron chi connectivity index (χ2n) is 7.03. The number of ether oxygens (including phenoxy) is 5. The Bertz CT molecular complexity index is 1280. The van der Waals surface area contributed by atoms with Gasteiger partial charge in [0.2, 0.25) is 11.7 Å². The summed E-state index contributed by atoms with van der Waals surface area (Å²) >= 11 is 0. The molecule has 2 aromatic carbocycles. The molecular weight excluding hydrogens is 438 g/mol. The van der Waals surface area contributed by atoms with E-state index in [1.165, 1.54) is 0 Å². The molecule has 0 aliphatic carbocycles. The smallest absolute Gasteiger partial charge is 0.229 e. The van der Waals surface area contributed by atoms with Gasteiger partial charge in [-0.25, -0.2) is 4.98 Å². The fraction of sp³-hybridized carbons (Fsp3) is 0.208. The number of rotatable bonds is 9. The van der Waals surface area contributed by atoms with Crippen molar-refractivity contribution >= 4 is 34.0 Å². The van der Waals surface area contributed by atoms with Crippen molar-refractivity contribution in [1.82, 2.24) is 15.0 Å². The number of nitrogens with one attached hydrogen (secondary N) is 2. The highest BCUT2D eigenvalue weighted by Gasteiger charge is 2.17. The Labute approximate surface area is 196 Å². The number of pyridine rings is 1. The van der Waals surface area contributed by atoms with Crippen molar-refractivity contribution in [2.24, 2.45) is 0 Å². The maximum Gasteiger partial charge on any atom is 0.229 e. The highest BCUT2D eigenvalue weighted by atomic mass is 16.5. The van der Waals surface area contributed by atoms with Crippen LogP contribution in [0.2, 0.25) is 0 Å². The molecule has 0 fully saturated rings. The van der Waals surface area contributed by atoms with Gasteiger partial charge < -0.3 is 34.3 Å². The van der Waals surface area contributed by atoms with Gasteiger partial charge >= 0.3 is 0 Å². The minimum atomic E-state index is 0.377. The van der Waals surface area contributed by atoms with Crippen molar-refractivity contribution in [3.05, 3.63) is 48.8 Å². The molecule has 4 aromatic rings. The van der Waals surface area contributed by atoms with Crippen LogP contribution in [0.4, 0.5) is 23.1 Å². The number of anilines is 4. The Hall–Kier alpha value is -4.47. The molecule has 2 aromatic heterocycles. The average Bonchev–Trinajstić information content (AvgIpc) is 2.87. The standard InChI is InChI=1S/C24H25N5O5/c1-30-18-11-16-17(12-19(18)31-2)28-24(27-14-7-6-8-25-13-14)29-23(16)26-15-9-20(32-3)22(34-5)21(10-15)33-4/h6-13H,1-5H3,(H2,26,27,28,29). The summed E-state index contributed by atoms with van der Waals surface area (Å²) in [6.45, 7) is 0. The molecule has 0 aliphatic heterocycles. The molecule has 2 N–H and O–H groups in total. The SMILES string of the molecule is COc1cc2nc(Nc3cccnc3)nc(Nc3cc(OC)c(OC)c(OC)c3)c2cc1OC. The van der Waals surface area contributed by atoms with Gasteiger partial charge in [-0.05, 0) is 18.2 Å². The topological polar surface area (TPSA) is 109 Å². The van der Waals surface area contributed by atoms with Gasteiger partial charge in [0.1, 0.15) is 5.82 Å². The van der Waals surface area contributed by atoms with Crippen molar-refractivity contribution in [3.63, 3.8) is 0 Å². The lowest BCUT2D eigenvalue weighted by molar-refractivity contribution is 0.324. The zero-order valence-corrected chi connectivity index (χ0v) is 19.5. The quantitative estimate of drug-likeness (QED) is 0.367.